The summed E-state index contributed by atoms with van der Waals surface area (Å²) in [6.45, 7) is 4.21. The SMILES string of the molecule is CCc1ccccc1OC.Cc1cccc2c1CCS2=O. The fourth-order valence-corrected chi connectivity index (χ4v) is 3.89. The first kappa shape index (κ1) is 15.8. The lowest BCUT2D eigenvalue weighted by Crippen LogP contribution is -1.88. The molecule has 112 valence electrons. The van der Waals surface area contributed by atoms with Crippen molar-refractivity contribution in [2.75, 3.05) is 12.9 Å². The van der Waals surface area contributed by atoms with E-state index in [1.54, 1.807) is 7.11 Å². The van der Waals surface area contributed by atoms with Gasteiger partial charge in [-0.15, -0.1) is 0 Å². The lowest BCUT2D eigenvalue weighted by Gasteiger charge is -2.03. The largest absolute Gasteiger partial charge is 0.496 e. The van der Waals surface area contributed by atoms with Gasteiger partial charge in [0.25, 0.3) is 0 Å². The van der Waals surface area contributed by atoms with E-state index in [4.69, 9.17) is 4.74 Å². The number of ether oxygens (including phenoxy) is 1. The molecule has 0 N–H and O–H groups in total. The molecule has 2 nitrogen and oxygen atoms in total. The molecule has 0 aromatic heterocycles. The Hall–Kier alpha value is -1.61. The Kier molecular flexibility index (Phi) is 5.57. The molecule has 0 aliphatic carbocycles. The molecule has 0 radical (unpaired) electrons. The number of rotatable bonds is 2. The topological polar surface area (TPSA) is 26.3 Å². The molecule has 3 rings (SSSR count). The lowest BCUT2D eigenvalue weighted by molar-refractivity contribution is 0.410. The summed E-state index contributed by atoms with van der Waals surface area (Å²) >= 11 is 0. The number of aryl methyl sites for hydroxylation is 2. The van der Waals surface area contributed by atoms with E-state index in [0.717, 1.165) is 29.2 Å². The molecule has 1 unspecified atom stereocenters. The summed E-state index contributed by atoms with van der Waals surface area (Å²) in [6, 6.07) is 14.1. The highest BCUT2D eigenvalue weighted by atomic mass is 32.2. The summed E-state index contributed by atoms with van der Waals surface area (Å²) in [5, 5.41) is 0. The van der Waals surface area contributed by atoms with E-state index in [-0.39, 0.29) is 0 Å². The maximum absolute atomic E-state index is 11.3. The average molecular weight is 302 g/mol. The molecule has 1 aliphatic rings. The van der Waals surface area contributed by atoms with Crippen molar-refractivity contribution in [3.05, 3.63) is 59.2 Å². The van der Waals surface area contributed by atoms with Crippen molar-refractivity contribution in [1.82, 2.24) is 0 Å². The Morgan fingerprint density at radius 2 is 1.90 bits per heavy atom. The second-order valence-corrected chi connectivity index (χ2v) is 6.56. The third-order valence-electron chi connectivity index (χ3n) is 3.72. The molecule has 0 amide bonds. The van der Waals surface area contributed by atoms with Gasteiger partial charge in [0, 0.05) is 10.6 Å². The van der Waals surface area contributed by atoms with Crippen LogP contribution < -0.4 is 4.74 Å². The number of methoxy groups -OCH3 is 1. The van der Waals surface area contributed by atoms with Crippen LogP contribution in [0.3, 0.4) is 0 Å². The van der Waals surface area contributed by atoms with Crippen molar-refractivity contribution in [3.63, 3.8) is 0 Å². The first-order valence-electron chi connectivity index (χ1n) is 7.26. The minimum atomic E-state index is -0.708. The van der Waals surface area contributed by atoms with Gasteiger partial charge in [0.05, 0.1) is 17.9 Å². The minimum Gasteiger partial charge on any atom is -0.496 e. The normalized spacial score (nSPS) is 15.9. The summed E-state index contributed by atoms with van der Waals surface area (Å²) in [4.78, 5) is 1.06. The van der Waals surface area contributed by atoms with Gasteiger partial charge >= 0.3 is 0 Å². The molecule has 0 saturated heterocycles. The van der Waals surface area contributed by atoms with E-state index in [2.05, 4.69) is 26.0 Å². The molecule has 2 aromatic carbocycles. The zero-order valence-electron chi connectivity index (χ0n) is 12.9. The van der Waals surface area contributed by atoms with Gasteiger partial charge in [-0.1, -0.05) is 37.3 Å². The Labute approximate surface area is 129 Å². The van der Waals surface area contributed by atoms with Gasteiger partial charge in [-0.2, -0.15) is 0 Å². The van der Waals surface area contributed by atoms with Crippen LogP contribution in [0.4, 0.5) is 0 Å². The van der Waals surface area contributed by atoms with Gasteiger partial charge in [-0.05, 0) is 48.6 Å². The molecule has 21 heavy (non-hydrogen) atoms. The van der Waals surface area contributed by atoms with Crippen LogP contribution in [-0.2, 0) is 23.6 Å². The van der Waals surface area contributed by atoms with Crippen molar-refractivity contribution >= 4 is 10.8 Å². The van der Waals surface area contributed by atoms with Crippen molar-refractivity contribution in [1.29, 1.82) is 0 Å². The molecule has 0 saturated carbocycles. The highest BCUT2D eigenvalue weighted by molar-refractivity contribution is 7.85. The second kappa shape index (κ2) is 7.41. The van der Waals surface area contributed by atoms with Crippen LogP contribution in [0.25, 0.3) is 0 Å². The third-order valence-corrected chi connectivity index (χ3v) is 5.17. The molecule has 1 heterocycles. The van der Waals surface area contributed by atoms with Gasteiger partial charge in [0.15, 0.2) is 0 Å². The molecule has 1 atom stereocenters. The molecule has 0 fully saturated rings. The first-order valence-corrected chi connectivity index (χ1v) is 8.58. The number of para-hydroxylation sites is 1. The minimum absolute atomic E-state index is 0.708. The molecule has 0 spiro atoms. The van der Waals surface area contributed by atoms with Crippen LogP contribution in [0.2, 0.25) is 0 Å². The zero-order valence-corrected chi connectivity index (χ0v) is 13.7. The monoisotopic (exact) mass is 302 g/mol. The van der Waals surface area contributed by atoms with Crippen LogP contribution >= 0.6 is 0 Å². The van der Waals surface area contributed by atoms with Gasteiger partial charge in [0.2, 0.25) is 0 Å². The molecular weight excluding hydrogens is 280 g/mol. The van der Waals surface area contributed by atoms with Crippen molar-refractivity contribution in [2.45, 2.75) is 31.6 Å². The summed E-state index contributed by atoms with van der Waals surface area (Å²) in [5.74, 6) is 1.81. The van der Waals surface area contributed by atoms with Gasteiger partial charge in [-0.25, -0.2) is 0 Å². The van der Waals surface area contributed by atoms with Crippen LogP contribution in [-0.4, -0.2) is 17.1 Å². The van der Waals surface area contributed by atoms with E-state index < -0.39 is 10.8 Å². The molecule has 0 bridgehead atoms. The van der Waals surface area contributed by atoms with Crippen LogP contribution in [0.1, 0.15) is 23.6 Å². The Morgan fingerprint density at radius 1 is 1.14 bits per heavy atom. The Morgan fingerprint density at radius 3 is 2.52 bits per heavy atom. The predicted molar refractivity (Wildman–Crippen MR) is 88.5 cm³/mol. The lowest BCUT2D eigenvalue weighted by atomic mass is 10.1. The maximum atomic E-state index is 11.3. The van der Waals surface area contributed by atoms with Crippen molar-refractivity contribution < 1.29 is 8.95 Å². The first-order chi connectivity index (χ1) is 10.2. The number of hydrogen-bond donors (Lipinski definition) is 0. The highest BCUT2D eigenvalue weighted by Crippen LogP contribution is 2.24. The summed E-state index contributed by atoms with van der Waals surface area (Å²) in [5.41, 5.74) is 3.86. The van der Waals surface area contributed by atoms with Crippen LogP contribution in [0.15, 0.2) is 47.4 Å². The van der Waals surface area contributed by atoms with Crippen molar-refractivity contribution in [3.8, 4) is 5.75 Å². The van der Waals surface area contributed by atoms with E-state index in [1.165, 1.54) is 16.7 Å². The van der Waals surface area contributed by atoms with E-state index in [0.29, 0.717) is 0 Å². The smallest absolute Gasteiger partial charge is 0.122 e. The third kappa shape index (κ3) is 3.73. The fourth-order valence-electron chi connectivity index (χ4n) is 2.51. The number of hydrogen-bond acceptors (Lipinski definition) is 2. The van der Waals surface area contributed by atoms with Gasteiger partial charge < -0.3 is 4.74 Å². The summed E-state index contributed by atoms with van der Waals surface area (Å²) < 4.78 is 16.5. The predicted octanol–water partition coefficient (Wildman–Crippen LogP) is 3.92. The zero-order chi connectivity index (χ0) is 15.2. The Bertz CT molecular complexity index is 612. The van der Waals surface area contributed by atoms with E-state index in [1.807, 2.05) is 30.3 Å². The van der Waals surface area contributed by atoms with Crippen LogP contribution in [0, 0.1) is 6.92 Å². The van der Waals surface area contributed by atoms with Gasteiger partial charge in [-0.3, -0.25) is 4.21 Å². The Balaban J connectivity index is 0.000000155. The van der Waals surface area contributed by atoms with Gasteiger partial charge in [0.1, 0.15) is 5.75 Å². The summed E-state index contributed by atoms with van der Waals surface area (Å²) in [7, 11) is 0.995. The molecule has 1 aliphatic heterocycles. The standard InChI is InChI=1S/C9H10OS.C9H12O/c1-7-3-2-4-9-8(7)5-6-11(9)10;1-3-8-6-4-5-7-9(8)10-2/h2-4H,5-6H2,1H3;4-7H,3H2,1-2H3. The second-order valence-electron chi connectivity index (χ2n) is 5.02. The average Bonchev–Trinajstić information content (AvgIpc) is 2.91. The van der Waals surface area contributed by atoms with E-state index >= 15 is 0 Å². The maximum Gasteiger partial charge on any atom is 0.122 e. The molecule has 3 heteroatoms. The highest BCUT2D eigenvalue weighted by Gasteiger charge is 2.18. The van der Waals surface area contributed by atoms with Crippen molar-refractivity contribution in [2.24, 2.45) is 0 Å². The quantitative estimate of drug-likeness (QED) is 0.840. The summed E-state index contributed by atoms with van der Waals surface area (Å²) in [6.07, 6.45) is 2.03. The fraction of sp³-hybridized carbons (Fsp3) is 0.333. The molecular formula is C18H22O2S. The number of fused-ring (bicyclic) bond motifs is 1. The van der Waals surface area contributed by atoms with E-state index in [9.17, 15) is 4.21 Å². The number of benzene rings is 2. The molecule has 2 aromatic rings. The van der Waals surface area contributed by atoms with Crippen LogP contribution in [0.5, 0.6) is 5.75 Å².